The molecule has 116 valence electrons. The van der Waals surface area contributed by atoms with Gasteiger partial charge in [-0.2, -0.15) is 0 Å². The van der Waals surface area contributed by atoms with Crippen molar-refractivity contribution in [1.82, 2.24) is 10.2 Å². The van der Waals surface area contributed by atoms with E-state index < -0.39 is 0 Å². The van der Waals surface area contributed by atoms with Gasteiger partial charge in [0, 0.05) is 25.7 Å². The Morgan fingerprint density at radius 1 is 1.48 bits per heavy atom. The van der Waals surface area contributed by atoms with Crippen LogP contribution in [0.2, 0.25) is 0 Å². The van der Waals surface area contributed by atoms with Crippen LogP contribution in [-0.2, 0) is 11.3 Å². The number of hydrogen-bond donors (Lipinski definition) is 2. The van der Waals surface area contributed by atoms with Crippen LogP contribution < -0.4 is 5.32 Å². The van der Waals surface area contributed by atoms with Crippen LogP contribution in [0.5, 0.6) is 5.75 Å². The van der Waals surface area contributed by atoms with Gasteiger partial charge < -0.3 is 20.1 Å². The van der Waals surface area contributed by atoms with Gasteiger partial charge in [0.15, 0.2) is 0 Å². The summed E-state index contributed by atoms with van der Waals surface area (Å²) in [6, 6.07) is 5.91. The molecule has 0 spiro atoms. The van der Waals surface area contributed by atoms with Crippen molar-refractivity contribution in [2.45, 2.75) is 32.4 Å². The molecular formula is C15H21BrN2O3. The molecular weight excluding hydrogens is 336 g/mol. The molecule has 1 aliphatic heterocycles. The Kier molecular flexibility index (Phi) is 5.87. The number of phenols is 1. The zero-order valence-electron chi connectivity index (χ0n) is 12.1. The third-order valence-electron chi connectivity index (χ3n) is 3.63. The van der Waals surface area contributed by atoms with Crippen LogP contribution in [0, 0.1) is 0 Å². The topological polar surface area (TPSA) is 61.8 Å². The minimum Gasteiger partial charge on any atom is -0.507 e. The average Bonchev–Trinajstić information content (AvgIpc) is 2.49. The molecule has 1 aromatic carbocycles. The number of likely N-dealkylation sites (tertiary alicyclic amines) is 1. The van der Waals surface area contributed by atoms with Crippen molar-refractivity contribution in [2.75, 3.05) is 19.7 Å². The number of rotatable bonds is 4. The molecule has 5 nitrogen and oxygen atoms in total. The Hall–Kier alpha value is -1.27. The van der Waals surface area contributed by atoms with Crippen molar-refractivity contribution in [1.29, 1.82) is 0 Å². The van der Waals surface area contributed by atoms with E-state index in [1.807, 2.05) is 19.1 Å². The smallest absolute Gasteiger partial charge is 0.409 e. The number of ether oxygens (including phenoxy) is 1. The van der Waals surface area contributed by atoms with E-state index in [9.17, 15) is 9.90 Å². The van der Waals surface area contributed by atoms with E-state index in [0.717, 1.165) is 38.0 Å². The van der Waals surface area contributed by atoms with Gasteiger partial charge in [-0.25, -0.2) is 4.79 Å². The highest BCUT2D eigenvalue weighted by atomic mass is 79.9. The number of nitrogens with one attached hydrogen (secondary N) is 1. The first-order valence-electron chi connectivity index (χ1n) is 7.22. The lowest BCUT2D eigenvalue weighted by Crippen LogP contribution is -2.44. The number of amides is 1. The standard InChI is InChI=1S/C15H21BrN2O3/c1-2-21-15(20)18-7-5-12(6-8-18)17-10-11-3-4-14(19)13(16)9-11/h3-4,9,12,17,19H,2,5-8,10H2,1H3. The lowest BCUT2D eigenvalue weighted by Gasteiger charge is -2.31. The van der Waals surface area contributed by atoms with Gasteiger partial charge in [0.25, 0.3) is 0 Å². The first-order valence-corrected chi connectivity index (χ1v) is 8.02. The largest absolute Gasteiger partial charge is 0.507 e. The first-order chi connectivity index (χ1) is 10.1. The fraction of sp³-hybridized carbons (Fsp3) is 0.533. The van der Waals surface area contributed by atoms with Crippen LogP contribution in [0.15, 0.2) is 22.7 Å². The van der Waals surface area contributed by atoms with Gasteiger partial charge in [-0.05, 0) is 53.4 Å². The van der Waals surface area contributed by atoms with Crippen molar-refractivity contribution in [3.05, 3.63) is 28.2 Å². The van der Waals surface area contributed by atoms with E-state index in [4.69, 9.17) is 4.74 Å². The molecule has 0 atom stereocenters. The van der Waals surface area contributed by atoms with Gasteiger partial charge in [-0.15, -0.1) is 0 Å². The number of aromatic hydroxyl groups is 1. The molecule has 1 aliphatic rings. The Morgan fingerprint density at radius 3 is 2.81 bits per heavy atom. The minimum absolute atomic E-state index is 0.210. The summed E-state index contributed by atoms with van der Waals surface area (Å²) in [4.78, 5) is 13.4. The molecule has 2 N–H and O–H groups in total. The van der Waals surface area contributed by atoms with Gasteiger partial charge in [0.2, 0.25) is 0 Å². The Balaban J connectivity index is 1.76. The van der Waals surface area contributed by atoms with Gasteiger partial charge in [-0.1, -0.05) is 6.07 Å². The summed E-state index contributed by atoms with van der Waals surface area (Å²) < 4.78 is 5.72. The van der Waals surface area contributed by atoms with Gasteiger partial charge >= 0.3 is 6.09 Å². The van der Waals surface area contributed by atoms with Crippen molar-refractivity contribution >= 4 is 22.0 Å². The maximum Gasteiger partial charge on any atom is 0.409 e. The molecule has 1 aromatic rings. The summed E-state index contributed by atoms with van der Waals surface area (Å²) >= 11 is 3.31. The second kappa shape index (κ2) is 7.66. The van der Waals surface area contributed by atoms with E-state index in [1.54, 1.807) is 11.0 Å². The summed E-state index contributed by atoms with van der Waals surface area (Å²) in [6.07, 6.45) is 1.65. The molecule has 0 unspecified atom stereocenters. The van der Waals surface area contributed by atoms with Crippen LogP contribution in [0.25, 0.3) is 0 Å². The molecule has 0 saturated carbocycles. The van der Waals surface area contributed by atoms with Crippen molar-refractivity contribution < 1.29 is 14.6 Å². The molecule has 21 heavy (non-hydrogen) atoms. The summed E-state index contributed by atoms with van der Waals surface area (Å²) in [5, 5.41) is 13.0. The highest BCUT2D eigenvalue weighted by Gasteiger charge is 2.23. The van der Waals surface area contributed by atoms with Crippen LogP contribution in [0.3, 0.4) is 0 Å². The predicted octanol–water partition coefficient (Wildman–Crippen LogP) is 2.87. The van der Waals surface area contributed by atoms with Crippen LogP contribution in [-0.4, -0.2) is 41.8 Å². The highest BCUT2D eigenvalue weighted by Crippen LogP contribution is 2.24. The number of piperidine rings is 1. The number of carbonyl (C=O) groups excluding carboxylic acids is 1. The molecule has 1 amide bonds. The van der Waals surface area contributed by atoms with E-state index in [1.165, 1.54) is 0 Å². The second-order valence-electron chi connectivity index (χ2n) is 5.13. The Bertz CT molecular complexity index is 488. The Labute approximate surface area is 133 Å². The molecule has 6 heteroatoms. The summed E-state index contributed by atoms with van der Waals surface area (Å²) in [5.74, 6) is 0.251. The molecule has 1 fully saturated rings. The molecule has 0 bridgehead atoms. The lowest BCUT2D eigenvalue weighted by molar-refractivity contribution is 0.0950. The third-order valence-corrected chi connectivity index (χ3v) is 4.26. The number of hydrogen-bond acceptors (Lipinski definition) is 4. The van der Waals surface area contributed by atoms with Crippen LogP contribution in [0.1, 0.15) is 25.3 Å². The third kappa shape index (κ3) is 4.61. The second-order valence-corrected chi connectivity index (χ2v) is 5.98. The van der Waals surface area contributed by atoms with Crippen molar-refractivity contribution in [3.8, 4) is 5.75 Å². The van der Waals surface area contributed by atoms with Crippen molar-refractivity contribution in [2.24, 2.45) is 0 Å². The molecule has 0 aliphatic carbocycles. The SMILES string of the molecule is CCOC(=O)N1CCC(NCc2ccc(O)c(Br)c2)CC1. The number of benzene rings is 1. The van der Waals surface area contributed by atoms with Crippen LogP contribution in [0.4, 0.5) is 4.79 Å². The average molecular weight is 357 g/mol. The maximum atomic E-state index is 11.6. The highest BCUT2D eigenvalue weighted by molar-refractivity contribution is 9.10. The fourth-order valence-electron chi connectivity index (χ4n) is 2.40. The summed E-state index contributed by atoms with van der Waals surface area (Å²) in [5.41, 5.74) is 1.12. The summed E-state index contributed by atoms with van der Waals surface area (Å²) in [7, 11) is 0. The monoisotopic (exact) mass is 356 g/mol. The van der Waals surface area contributed by atoms with E-state index in [0.29, 0.717) is 17.1 Å². The fourth-order valence-corrected chi connectivity index (χ4v) is 2.83. The normalized spacial score (nSPS) is 16.0. The predicted molar refractivity (Wildman–Crippen MR) is 84.3 cm³/mol. The first kappa shape index (κ1) is 16.1. The van der Waals surface area contributed by atoms with Gasteiger partial charge in [0.1, 0.15) is 5.75 Å². The number of nitrogens with zero attached hydrogens (tertiary/aromatic N) is 1. The number of phenolic OH excluding ortho intramolecular Hbond substituents is 1. The molecule has 0 radical (unpaired) electrons. The van der Waals surface area contributed by atoms with E-state index in [-0.39, 0.29) is 11.8 Å². The molecule has 1 heterocycles. The Morgan fingerprint density at radius 2 is 2.19 bits per heavy atom. The number of halogens is 1. The molecule has 2 rings (SSSR count). The molecule has 1 saturated heterocycles. The van der Waals surface area contributed by atoms with E-state index >= 15 is 0 Å². The van der Waals surface area contributed by atoms with Gasteiger partial charge in [-0.3, -0.25) is 0 Å². The molecule has 0 aromatic heterocycles. The number of carbonyl (C=O) groups is 1. The van der Waals surface area contributed by atoms with E-state index in [2.05, 4.69) is 21.2 Å². The zero-order valence-corrected chi connectivity index (χ0v) is 13.7. The zero-order chi connectivity index (χ0) is 15.2. The maximum absolute atomic E-state index is 11.6. The minimum atomic E-state index is -0.210. The quantitative estimate of drug-likeness (QED) is 0.870. The lowest BCUT2D eigenvalue weighted by atomic mass is 10.0. The van der Waals surface area contributed by atoms with Crippen molar-refractivity contribution in [3.63, 3.8) is 0 Å². The van der Waals surface area contributed by atoms with Gasteiger partial charge in [0.05, 0.1) is 11.1 Å². The summed E-state index contributed by atoms with van der Waals surface area (Å²) in [6.45, 7) is 4.46. The van der Waals surface area contributed by atoms with Crippen LogP contribution >= 0.6 is 15.9 Å².